The minimum absolute atomic E-state index is 0.0717. The number of carboxylic acids is 1. The fraction of sp³-hybridized carbons (Fsp3) is 0.385. The zero-order chi connectivity index (χ0) is 16.8. The van der Waals surface area contributed by atoms with Gasteiger partial charge in [0.15, 0.2) is 0 Å². The highest BCUT2D eigenvalue weighted by atomic mass is 35.5. The summed E-state index contributed by atoms with van der Waals surface area (Å²) < 4.78 is 40.1. The van der Waals surface area contributed by atoms with Gasteiger partial charge in [0.2, 0.25) is 5.91 Å². The van der Waals surface area contributed by atoms with Crippen molar-refractivity contribution >= 4 is 23.5 Å². The molecule has 0 aliphatic heterocycles. The van der Waals surface area contributed by atoms with Crippen molar-refractivity contribution in [1.29, 1.82) is 0 Å². The van der Waals surface area contributed by atoms with Gasteiger partial charge < -0.3 is 14.7 Å². The zero-order valence-corrected chi connectivity index (χ0v) is 12.0. The lowest BCUT2D eigenvalue weighted by Crippen LogP contribution is -2.38. The van der Waals surface area contributed by atoms with Crippen LogP contribution in [0.15, 0.2) is 24.3 Å². The van der Waals surface area contributed by atoms with E-state index in [0.29, 0.717) is 10.6 Å². The van der Waals surface area contributed by atoms with Crippen molar-refractivity contribution in [3.63, 3.8) is 0 Å². The third-order valence-electron chi connectivity index (χ3n) is 2.46. The van der Waals surface area contributed by atoms with Gasteiger partial charge in [-0.15, -0.1) is 0 Å². The minimum Gasteiger partial charge on any atom is -0.480 e. The summed E-state index contributed by atoms with van der Waals surface area (Å²) in [7, 11) is 0. The standard InChI is InChI=1S/C13H13ClF3NO4/c14-10-3-1-9(2-4-10)5-18(6-12(20)21)11(19)7-22-8-13(15,16)17/h1-4H,5-8H2,(H,20,21). The molecule has 1 N–H and O–H groups in total. The first-order valence-electron chi connectivity index (χ1n) is 6.06. The van der Waals surface area contributed by atoms with Gasteiger partial charge >= 0.3 is 12.1 Å². The molecule has 0 unspecified atom stereocenters. The van der Waals surface area contributed by atoms with Crippen LogP contribution in [0.1, 0.15) is 5.56 Å². The molecule has 5 nitrogen and oxygen atoms in total. The molecule has 0 aliphatic carbocycles. The third kappa shape index (κ3) is 7.28. The number of carboxylic acid groups (broad SMARTS) is 1. The molecule has 0 heterocycles. The number of rotatable bonds is 7. The topological polar surface area (TPSA) is 66.8 Å². The average Bonchev–Trinajstić information content (AvgIpc) is 2.38. The second-order valence-electron chi connectivity index (χ2n) is 4.38. The van der Waals surface area contributed by atoms with Crippen LogP contribution in [-0.2, 0) is 20.9 Å². The van der Waals surface area contributed by atoms with Crippen LogP contribution >= 0.6 is 11.6 Å². The quantitative estimate of drug-likeness (QED) is 0.828. The average molecular weight is 340 g/mol. The van der Waals surface area contributed by atoms with E-state index in [2.05, 4.69) is 4.74 Å². The molecule has 122 valence electrons. The molecule has 22 heavy (non-hydrogen) atoms. The Bertz CT molecular complexity index is 519. The molecular formula is C13H13ClF3NO4. The first kappa shape index (κ1) is 18.2. The molecule has 0 atom stereocenters. The Morgan fingerprint density at radius 3 is 2.32 bits per heavy atom. The molecule has 1 amide bonds. The summed E-state index contributed by atoms with van der Waals surface area (Å²) in [6, 6.07) is 6.28. The first-order valence-corrected chi connectivity index (χ1v) is 6.43. The number of aliphatic carboxylic acids is 1. The zero-order valence-electron chi connectivity index (χ0n) is 11.3. The van der Waals surface area contributed by atoms with E-state index in [0.717, 1.165) is 4.90 Å². The van der Waals surface area contributed by atoms with Crippen molar-refractivity contribution in [3.8, 4) is 0 Å². The largest absolute Gasteiger partial charge is 0.480 e. The summed E-state index contributed by atoms with van der Waals surface area (Å²) in [6.45, 7) is -3.13. The van der Waals surface area contributed by atoms with Crippen molar-refractivity contribution in [3.05, 3.63) is 34.9 Å². The molecule has 1 aromatic carbocycles. The first-order chi connectivity index (χ1) is 10.2. The van der Waals surface area contributed by atoms with Crippen LogP contribution in [0, 0.1) is 0 Å². The Kier molecular flexibility index (Phi) is 6.63. The lowest BCUT2D eigenvalue weighted by Gasteiger charge is -2.21. The Hall–Kier alpha value is -1.80. The van der Waals surface area contributed by atoms with Crippen LogP contribution in [0.4, 0.5) is 13.2 Å². The molecule has 9 heteroatoms. The molecule has 0 saturated heterocycles. The van der Waals surface area contributed by atoms with Crippen molar-refractivity contribution in [2.24, 2.45) is 0 Å². The smallest absolute Gasteiger partial charge is 0.411 e. The Morgan fingerprint density at radius 1 is 1.23 bits per heavy atom. The van der Waals surface area contributed by atoms with Crippen LogP contribution in [-0.4, -0.2) is 47.8 Å². The summed E-state index contributed by atoms with van der Waals surface area (Å²) >= 11 is 5.71. The van der Waals surface area contributed by atoms with Crippen LogP contribution in [0.2, 0.25) is 5.02 Å². The van der Waals surface area contributed by atoms with Crippen molar-refractivity contribution in [2.45, 2.75) is 12.7 Å². The number of benzene rings is 1. The lowest BCUT2D eigenvalue weighted by atomic mass is 10.2. The molecule has 1 aromatic rings. The van der Waals surface area contributed by atoms with Gasteiger partial charge in [-0.25, -0.2) is 0 Å². The number of ether oxygens (including phenoxy) is 1. The number of nitrogens with zero attached hydrogens (tertiary/aromatic N) is 1. The Labute approximate surface area is 129 Å². The number of carbonyl (C=O) groups is 2. The van der Waals surface area contributed by atoms with E-state index in [9.17, 15) is 22.8 Å². The van der Waals surface area contributed by atoms with E-state index >= 15 is 0 Å². The third-order valence-corrected chi connectivity index (χ3v) is 2.71. The summed E-state index contributed by atoms with van der Waals surface area (Å²) in [5.41, 5.74) is 0.592. The predicted octanol–water partition coefficient (Wildman–Crippen LogP) is 2.33. The molecule has 1 rings (SSSR count). The molecule has 0 aromatic heterocycles. The summed E-state index contributed by atoms with van der Waals surface area (Å²) in [6.07, 6.45) is -4.55. The van der Waals surface area contributed by atoms with Gasteiger partial charge in [0.1, 0.15) is 19.8 Å². The number of halogens is 4. The number of hydrogen-bond donors (Lipinski definition) is 1. The molecule has 0 fully saturated rings. The maximum atomic E-state index is 11.9. The van der Waals surface area contributed by atoms with Gasteiger partial charge in [-0.05, 0) is 17.7 Å². The monoisotopic (exact) mass is 339 g/mol. The Morgan fingerprint density at radius 2 is 1.82 bits per heavy atom. The summed E-state index contributed by atoms with van der Waals surface area (Å²) in [4.78, 5) is 23.4. The second kappa shape index (κ2) is 8.00. The molecule has 0 aliphatic rings. The van der Waals surface area contributed by atoms with Crippen molar-refractivity contribution < 1.29 is 32.6 Å². The van der Waals surface area contributed by atoms with E-state index in [1.54, 1.807) is 24.3 Å². The normalized spacial score (nSPS) is 11.3. The predicted molar refractivity (Wildman–Crippen MR) is 71.4 cm³/mol. The highest BCUT2D eigenvalue weighted by molar-refractivity contribution is 6.30. The Balaban J connectivity index is 2.64. The SMILES string of the molecule is O=C(O)CN(Cc1ccc(Cl)cc1)C(=O)COCC(F)(F)F. The van der Waals surface area contributed by atoms with E-state index in [4.69, 9.17) is 16.7 Å². The summed E-state index contributed by atoms with van der Waals surface area (Å²) in [5, 5.41) is 9.24. The second-order valence-corrected chi connectivity index (χ2v) is 4.81. The highest BCUT2D eigenvalue weighted by Gasteiger charge is 2.28. The molecule has 0 radical (unpaired) electrons. The number of carbonyl (C=O) groups excluding carboxylic acids is 1. The van der Waals surface area contributed by atoms with Crippen LogP contribution < -0.4 is 0 Å². The van der Waals surface area contributed by atoms with Gasteiger partial charge in [-0.1, -0.05) is 23.7 Å². The maximum absolute atomic E-state index is 11.9. The number of amides is 1. The van der Waals surface area contributed by atoms with E-state index in [1.165, 1.54) is 0 Å². The molecule has 0 spiro atoms. The molecular weight excluding hydrogens is 327 g/mol. The van der Waals surface area contributed by atoms with Gasteiger partial charge in [0.25, 0.3) is 0 Å². The number of hydrogen-bond acceptors (Lipinski definition) is 3. The van der Waals surface area contributed by atoms with Crippen molar-refractivity contribution in [1.82, 2.24) is 4.90 Å². The highest BCUT2D eigenvalue weighted by Crippen LogP contribution is 2.15. The van der Waals surface area contributed by atoms with E-state index in [1.807, 2.05) is 0 Å². The van der Waals surface area contributed by atoms with Gasteiger partial charge in [-0.2, -0.15) is 13.2 Å². The van der Waals surface area contributed by atoms with Crippen molar-refractivity contribution in [2.75, 3.05) is 19.8 Å². The lowest BCUT2D eigenvalue weighted by molar-refractivity contribution is -0.178. The van der Waals surface area contributed by atoms with E-state index in [-0.39, 0.29) is 6.54 Å². The summed E-state index contributed by atoms with van der Waals surface area (Å²) in [5.74, 6) is -2.13. The fourth-order valence-corrected chi connectivity index (χ4v) is 1.68. The van der Waals surface area contributed by atoms with E-state index < -0.39 is 37.8 Å². The molecule has 0 saturated carbocycles. The van der Waals surface area contributed by atoms with Crippen LogP contribution in [0.25, 0.3) is 0 Å². The fourth-order valence-electron chi connectivity index (χ4n) is 1.55. The van der Waals surface area contributed by atoms with Gasteiger partial charge in [-0.3, -0.25) is 9.59 Å². The number of alkyl halides is 3. The van der Waals surface area contributed by atoms with Gasteiger partial charge in [0, 0.05) is 11.6 Å². The maximum Gasteiger partial charge on any atom is 0.411 e. The van der Waals surface area contributed by atoms with Crippen LogP contribution in [0.3, 0.4) is 0 Å². The van der Waals surface area contributed by atoms with Gasteiger partial charge in [0.05, 0.1) is 0 Å². The minimum atomic E-state index is -4.55. The van der Waals surface area contributed by atoms with Crippen LogP contribution in [0.5, 0.6) is 0 Å². The molecule has 0 bridgehead atoms.